The minimum atomic E-state index is 0.125. The largest absolute Gasteiger partial charge is 0.438 e. The van der Waals surface area contributed by atoms with Gasteiger partial charge in [0.25, 0.3) is 0 Å². The molecule has 0 aliphatic heterocycles. The maximum Gasteiger partial charge on any atom is 0.227 e. The third-order valence-corrected chi connectivity index (χ3v) is 10.8. The summed E-state index contributed by atoms with van der Waals surface area (Å²) in [6.45, 7) is 0. The fourth-order valence-electron chi connectivity index (χ4n) is 8.18. The Kier molecular flexibility index (Phi) is 7.42. The summed E-state index contributed by atoms with van der Waals surface area (Å²) in [6.07, 6.45) is 16.0. The van der Waals surface area contributed by atoms with Gasteiger partial charge in [-0.15, -0.1) is 0 Å². The second-order valence-electron chi connectivity index (χ2n) is 13.8. The van der Waals surface area contributed by atoms with E-state index in [0.29, 0.717) is 5.71 Å². The molecule has 248 valence electrons. The highest BCUT2D eigenvalue weighted by Crippen LogP contribution is 2.45. The van der Waals surface area contributed by atoms with Gasteiger partial charge < -0.3 is 9.32 Å². The predicted octanol–water partition coefficient (Wildman–Crippen LogP) is 13.2. The molecule has 2 atom stereocenters. The van der Waals surface area contributed by atoms with Gasteiger partial charge in [0, 0.05) is 51.1 Å². The minimum absolute atomic E-state index is 0.125. The first kappa shape index (κ1) is 30.4. The summed E-state index contributed by atoms with van der Waals surface area (Å²) in [7, 11) is 0. The van der Waals surface area contributed by atoms with Crippen LogP contribution in [0.1, 0.15) is 41.4 Å². The van der Waals surface area contributed by atoms with Crippen LogP contribution in [0.4, 0.5) is 11.4 Å². The van der Waals surface area contributed by atoms with Crippen LogP contribution < -0.4 is 4.90 Å². The molecular formula is C49H36N2O. The van der Waals surface area contributed by atoms with E-state index in [1.54, 1.807) is 0 Å². The fraction of sp³-hybridized carbons (Fsp3) is 0.0816. The summed E-state index contributed by atoms with van der Waals surface area (Å²) in [5.74, 6) is 0.297. The van der Waals surface area contributed by atoms with Crippen LogP contribution in [0.25, 0.3) is 49.3 Å². The lowest BCUT2D eigenvalue weighted by atomic mass is 9.76. The second-order valence-corrected chi connectivity index (χ2v) is 13.8. The van der Waals surface area contributed by atoms with Crippen LogP contribution in [0.3, 0.4) is 0 Å². The van der Waals surface area contributed by atoms with Crippen LogP contribution >= 0.6 is 0 Å². The van der Waals surface area contributed by atoms with Gasteiger partial charge in [0.2, 0.25) is 5.71 Å². The van der Waals surface area contributed by atoms with Gasteiger partial charge in [-0.3, -0.25) is 0 Å². The summed E-state index contributed by atoms with van der Waals surface area (Å²) in [4.78, 5) is 7.26. The number of aromatic nitrogens is 1. The molecule has 0 saturated heterocycles. The molecule has 2 heterocycles. The number of hydrogen-bond donors (Lipinski definition) is 0. The highest BCUT2D eigenvalue weighted by Gasteiger charge is 2.28. The average molecular weight is 669 g/mol. The molecule has 2 aliphatic rings. The summed E-state index contributed by atoms with van der Waals surface area (Å²) < 4.78 is 6.49. The van der Waals surface area contributed by atoms with E-state index < -0.39 is 0 Å². The minimum Gasteiger partial charge on any atom is -0.438 e. The van der Waals surface area contributed by atoms with Gasteiger partial charge in [-0.05, 0) is 88.4 Å². The number of allylic oxidation sites excluding steroid dienone is 7. The van der Waals surface area contributed by atoms with Crippen LogP contribution in [-0.4, -0.2) is 4.98 Å². The third kappa shape index (κ3) is 5.34. The number of para-hydroxylation sites is 1. The van der Waals surface area contributed by atoms with Gasteiger partial charge in [-0.2, -0.15) is 0 Å². The Hall–Kier alpha value is -6.45. The zero-order valence-electron chi connectivity index (χ0n) is 28.7. The first-order valence-electron chi connectivity index (χ1n) is 18.2. The number of hydrogen-bond acceptors (Lipinski definition) is 3. The van der Waals surface area contributed by atoms with Crippen molar-refractivity contribution in [2.24, 2.45) is 0 Å². The lowest BCUT2D eigenvalue weighted by Crippen LogP contribution is -2.20. The van der Waals surface area contributed by atoms with Crippen LogP contribution in [0.5, 0.6) is 0 Å². The molecular weight excluding hydrogens is 633 g/mol. The van der Waals surface area contributed by atoms with E-state index >= 15 is 0 Å². The number of pyridine rings is 1. The van der Waals surface area contributed by atoms with E-state index in [1.807, 2.05) is 12.1 Å². The van der Waals surface area contributed by atoms with E-state index in [9.17, 15) is 0 Å². The lowest BCUT2D eigenvalue weighted by Gasteiger charge is -2.33. The first-order valence-corrected chi connectivity index (χ1v) is 18.2. The lowest BCUT2D eigenvalue weighted by molar-refractivity contribution is 0.656. The zero-order chi connectivity index (χ0) is 34.4. The number of rotatable bonds is 6. The van der Waals surface area contributed by atoms with Crippen molar-refractivity contribution in [3.63, 3.8) is 0 Å². The van der Waals surface area contributed by atoms with Crippen molar-refractivity contribution in [2.75, 3.05) is 4.90 Å². The summed E-state index contributed by atoms with van der Waals surface area (Å²) in [6, 6.07) is 52.4. The SMILES string of the molecule is C1=CCCC(c2ccc(N(C3=CC(c4ccccc4)C(c4cccc5ccccc45)C=C3)c3ccc4c(c3)oc3nc5ccccc5cc34)cc2)=C1. The Bertz CT molecular complexity index is 2740. The molecule has 0 amide bonds. The van der Waals surface area contributed by atoms with E-state index in [0.717, 1.165) is 57.2 Å². The average Bonchev–Trinajstić information content (AvgIpc) is 3.57. The number of fused-ring (bicyclic) bond motifs is 5. The van der Waals surface area contributed by atoms with E-state index in [2.05, 4.69) is 175 Å². The van der Waals surface area contributed by atoms with Crippen LogP contribution in [-0.2, 0) is 0 Å². The molecule has 10 rings (SSSR count). The molecule has 0 fully saturated rings. The summed E-state index contributed by atoms with van der Waals surface area (Å²) >= 11 is 0. The molecule has 2 unspecified atom stereocenters. The Morgan fingerprint density at radius 3 is 2.29 bits per heavy atom. The number of anilines is 2. The molecule has 3 heteroatoms. The maximum atomic E-state index is 6.49. The predicted molar refractivity (Wildman–Crippen MR) is 217 cm³/mol. The molecule has 52 heavy (non-hydrogen) atoms. The van der Waals surface area contributed by atoms with Crippen molar-refractivity contribution < 1.29 is 4.42 Å². The van der Waals surface area contributed by atoms with E-state index in [-0.39, 0.29) is 11.8 Å². The normalized spacial score (nSPS) is 17.2. The van der Waals surface area contributed by atoms with Gasteiger partial charge in [0.15, 0.2) is 0 Å². The standard InChI is InChI=1S/C49H36N2O/c1-3-12-33(13-4-1)34-22-24-38(25-23-34)51(40-27-29-44-46-30-37-17-8-10-21-47(37)50-49(46)52-48(44)32-40)39-26-28-43(45(31-39)36-14-5-2-6-15-36)42-20-11-18-35-16-7-9-19-41(35)42/h1-3,5-12,14-32,43,45H,4,13H2. The third-order valence-electron chi connectivity index (χ3n) is 10.8. The monoisotopic (exact) mass is 668 g/mol. The van der Waals surface area contributed by atoms with Crippen molar-refractivity contribution in [1.82, 2.24) is 4.98 Å². The van der Waals surface area contributed by atoms with Gasteiger partial charge >= 0.3 is 0 Å². The maximum absolute atomic E-state index is 6.49. The molecule has 2 aromatic heterocycles. The Morgan fingerprint density at radius 1 is 0.635 bits per heavy atom. The fourth-order valence-corrected chi connectivity index (χ4v) is 8.18. The zero-order valence-corrected chi connectivity index (χ0v) is 28.7. The van der Waals surface area contributed by atoms with Crippen molar-refractivity contribution in [3.05, 3.63) is 204 Å². The van der Waals surface area contributed by atoms with Gasteiger partial charge in [0.05, 0.1) is 5.52 Å². The number of benzene rings is 6. The van der Waals surface area contributed by atoms with Gasteiger partial charge in [0.1, 0.15) is 5.58 Å². The quantitative estimate of drug-likeness (QED) is 0.177. The molecule has 6 aromatic carbocycles. The number of nitrogens with zero attached hydrogens (tertiary/aromatic N) is 2. The van der Waals surface area contributed by atoms with Crippen molar-refractivity contribution in [2.45, 2.75) is 24.7 Å². The van der Waals surface area contributed by atoms with Crippen molar-refractivity contribution in [3.8, 4) is 0 Å². The molecule has 0 bridgehead atoms. The summed E-state index contributed by atoms with van der Waals surface area (Å²) in [5, 5.41) is 5.77. The van der Waals surface area contributed by atoms with Crippen molar-refractivity contribution in [1.29, 1.82) is 0 Å². The number of furan rings is 1. The molecule has 0 N–H and O–H groups in total. The topological polar surface area (TPSA) is 29.3 Å². The molecule has 3 nitrogen and oxygen atoms in total. The van der Waals surface area contributed by atoms with Crippen LogP contribution in [0.2, 0.25) is 0 Å². The van der Waals surface area contributed by atoms with E-state index in [4.69, 9.17) is 9.40 Å². The highest BCUT2D eigenvalue weighted by molar-refractivity contribution is 6.08. The Morgan fingerprint density at radius 2 is 1.42 bits per heavy atom. The second kappa shape index (κ2) is 12.7. The van der Waals surface area contributed by atoms with Crippen molar-refractivity contribution >= 4 is 60.7 Å². The molecule has 8 aromatic rings. The Balaban J connectivity index is 1.13. The molecule has 0 radical (unpaired) electrons. The summed E-state index contributed by atoms with van der Waals surface area (Å²) in [5.41, 5.74) is 11.0. The smallest absolute Gasteiger partial charge is 0.227 e. The van der Waals surface area contributed by atoms with Crippen LogP contribution in [0, 0.1) is 0 Å². The molecule has 0 spiro atoms. The van der Waals surface area contributed by atoms with Gasteiger partial charge in [-0.1, -0.05) is 134 Å². The molecule has 0 saturated carbocycles. The van der Waals surface area contributed by atoms with E-state index in [1.165, 1.54) is 33.0 Å². The highest BCUT2D eigenvalue weighted by atomic mass is 16.3. The Labute approximate surface area is 303 Å². The van der Waals surface area contributed by atoms with Gasteiger partial charge in [-0.25, -0.2) is 4.98 Å². The molecule has 2 aliphatic carbocycles. The van der Waals surface area contributed by atoms with Crippen LogP contribution in [0.15, 0.2) is 192 Å². The first-order chi connectivity index (χ1) is 25.8.